The highest BCUT2D eigenvalue weighted by Crippen LogP contribution is 2.41. The van der Waals surface area contributed by atoms with Crippen molar-refractivity contribution < 1.29 is 17.8 Å². The third kappa shape index (κ3) is 8.59. The minimum absolute atomic E-state index is 0.0945. The molecular formula is C42H42ClN7O5S2. The summed E-state index contributed by atoms with van der Waals surface area (Å²) < 4.78 is 35.5. The van der Waals surface area contributed by atoms with Crippen LogP contribution < -0.4 is 14.9 Å². The van der Waals surface area contributed by atoms with Crippen LogP contribution in [0.3, 0.4) is 0 Å². The minimum Gasteiger partial charge on any atom is -0.468 e. The first-order valence-corrected chi connectivity index (χ1v) is 21.7. The maximum atomic E-state index is 13.8. The van der Waals surface area contributed by atoms with Crippen LogP contribution in [0.1, 0.15) is 37.0 Å². The number of hydrogen-bond acceptors (Lipinski definition) is 11. The van der Waals surface area contributed by atoms with E-state index >= 15 is 0 Å². The number of nitro benzene ring substituents is 1. The molecule has 2 aliphatic rings. The van der Waals surface area contributed by atoms with Crippen LogP contribution in [-0.4, -0.2) is 65.7 Å². The van der Waals surface area contributed by atoms with E-state index in [4.69, 9.17) is 16.0 Å². The highest BCUT2D eigenvalue weighted by atomic mass is 35.5. The second kappa shape index (κ2) is 16.4. The van der Waals surface area contributed by atoms with Crippen LogP contribution in [0, 0.1) is 17.0 Å². The molecule has 1 saturated carbocycles. The number of aromatic nitrogens is 2. The highest BCUT2D eigenvalue weighted by molar-refractivity contribution is 7.99. The van der Waals surface area contributed by atoms with Crippen molar-refractivity contribution in [2.24, 2.45) is 0 Å². The second-order valence-electron chi connectivity index (χ2n) is 14.6. The van der Waals surface area contributed by atoms with E-state index in [0.717, 1.165) is 86.4 Å². The predicted octanol–water partition coefficient (Wildman–Crippen LogP) is 9.40. The summed E-state index contributed by atoms with van der Waals surface area (Å²) in [5, 5.41) is 17.0. The fourth-order valence-electron chi connectivity index (χ4n) is 7.80. The van der Waals surface area contributed by atoms with Crippen molar-refractivity contribution in [1.82, 2.24) is 14.9 Å². The lowest BCUT2D eigenvalue weighted by Crippen LogP contribution is -2.46. The number of nitrogens with one attached hydrogen (secondary N) is 2. The number of rotatable bonds is 13. The Morgan fingerprint density at radius 3 is 2.46 bits per heavy atom. The molecule has 12 nitrogen and oxygen atoms in total. The Hall–Kier alpha value is -5.15. The average molecular weight is 824 g/mol. The molecule has 2 fully saturated rings. The summed E-state index contributed by atoms with van der Waals surface area (Å²) >= 11 is 7.79. The molecule has 2 aromatic heterocycles. The Morgan fingerprint density at radius 2 is 1.72 bits per heavy atom. The summed E-state index contributed by atoms with van der Waals surface area (Å²) in [6, 6.07) is 28.0. The normalized spacial score (nSPS) is 15.9. The van der Waals surface area contributed by atoms with Gasteiger partial charge in [0.15, 0.2) is 5.82 Å². The van der Waals surface area contributed by atoms with Crippen LogP contribution in [0.2, 0.25) is 5.02 Å². The molecule has 4 aromatic carbocycles. The molecule has 0 atom stereocenters. The number of nitro groups is 1. The molecule has 0 spiro atoms. The van der Waals surface area contributed by atoms with Gasteiger partial charge in [0.05, 0.1) is 21.6 Å². The summed E-state index contributed by atoms with van der Waals surface area (Å²) in [5.74, 6) is 1.61. The van der Waals surface area contributed by atoms with Crippen molar-refractivity contribution in [2.75, 3.05) is 46.9 Å². The van der Waals surface area contributed by atoms with Gasteiger partial charge in [0, 0.05) is 71.1 Å². The Morgan fingerprint density at radius 1 is 0.947 bits per heavy atom. The van der Waals surface area contributed by atoms with Crippen LogP contribution in [0.4, 0.5) is 22.9 Å². The van der Waals surface area contributed by atoms with Crippen molar-refractivity contribution in [3.63, 3.8) is 0 Å². The zero-order valence-electron chi connectivity index (χ0n) is 31.4. The van der Waals surface area contributed by atoms with Crippen LogP contribution in [-0.2, 0) is 16.6 Å². The number of sulfonamides is 1. The third-order valence-electron chi connectivity index (χ3n) is 10.9. The van der Waals surface area contributed by atoms with Crippen LogP contribution >= 0.6 is 23.4 Å². The molecule has 1 aliphatic carbocycles. The fraction of sp³-hybridized carbons (Fsp3) is 0.286. The zero-order valence-corrected chi connectivity index (χ0v) is 33.7. The standard InChI is InChI=1S/C42H42ClN7O5S2/c1-29-40(16-23-55-29)56-27-42(17-4-5-18-42)46-37-15-13-34(25-39(37)50(51)52)57(53,54)47-41-36-14-12-33(24-38(36)44-28-45-41)49-21-19-48(20-22-49)26-31-6-2-3-7-35(31)30-8-10-32(43)11-9-30/h2-3,6-16,23-25,28,46H,4-5,17-22,26-27H2,1H3,(H,44,45,47). The molecule has 2 N–H and O–H groups in total. The number of benzene rings is 4. The van der Waals surface area contributed by atoms with Gasteiger partial charge >= 0.3 is 0 Å². The smallest absolute Gasteiger partial charge is 0.293 e. The molecule has 0 unspecified atom stereocenters. The topological polar surface area (TPSA) is 147 Å². The number of piperazine rings is 1. The van der Waals surface area contributed by atoms with E-state index in [9.17, 15) is 18.5 Å². The SMILES string of the molecule is Cc1occc1SCC1(Nc2ccc(S(=O)(=O)Nc3ncnc4cc(N5CCN(Cc6ccccc6-c6ccc(Cl)cc6)CC5)ccc34)cc2[N+](=O)[O-])CCCC1. The van der Waals surface area contributed by atoms with E-state index in [0.29, 0.717) is 21.7 Å². The van der Waals surface area contributed by atoms with Gasteiger partial charge in [0.1, 0.15) is 17.8 Å². The molecule has 8 rings (SSSR count). The van der Waals surface area contributed by atoms with Crippen molar-refractivity contribution >= 4 is 67.2 Å². The number of halogens is 1. The molecular weight excluding hydrogens is 782 g/mol. The summed E-state index contributed by atoms with van der Waals surface area (Å²) in [7, 11) is -4.26. The van der Waals surface area contributed by atoms with E-state index in [2.05, 4.69) is 66.2 Å². The van der Waals surface area contributed by atoms with E-state index in [-0.39, 0.29) is 27.6 Å². The summed E-state index contributed by atoms with van der Waals surface area (Å²) in [5.41, 5.74) is 4.75. The lowest BCUT2D eigenvalue weighted by Gasteiger charge is -2.36. The molecule has 0 amide bonds. The highest BCUT2D eigenvalue weighted by Gasteiger charge is 2.36. The van der Waals surface area contributed by atoms with Crippen molar-refractivity contribution in [3.8, 4) is 11.1 Å². The number of aryl methyl sites for hydroxylation is 1. The average Bonchev–Trinajstić information content (AvgIpc) is 3.86. The third-order valence-corrected chi connectivity index (χ3v) is 13.9. The van der Waals surface area contributed by atoms with E-state index in [1.54, 1.807) is 18.0 Å². The summed E-state index contributed by atoms with van der Waals surface area (Å²) in [6.07, 6.45) is 6.65. The zero-order chi connectivity index (χ0) is 39.6. The first kappa shape index (κ1) is 38.7. The van der Waals surface area contributed by atoms with Gasteiger partial charge in [-0.15, -0.1) is 11.8 Å². The van der Waals surface area contributed by atoms with Crippen molar-refractivity contribution in [3.05, 3.63) is 130 Å². The molecule has 294 valence electrons. The van der Waals surface area contributed by atoms with Crippen molar-refractivity contribution in [2.45, 2.75) is 54.5 Å². The van der Waals surface area contributed by atoms with E-state index < -0.39 is 14.9 Å². The first-order valence-electron chi connectivity index (χ1n) is 18.9. The molecule has 6 aromatic rings. The summed E-state index contributed by atoms with van der Waals surface area (Å²) in [6.45, 7) is 6.10. The van der Waals surface area contributed by atoms with Gasteiger partial charge < -0.3 is 14.6 Å². The van der Waals surface area contributed by atoms with Crippen LogP contribution in [0.25, 0.3) is 22.0 Å². The maximum absolute atomic E-state index is 13.8. The first-order chi connectivity index (χ1) is 27.6. The summed E-state index contributed by atoms with van der Waals surface area (Å²) in [4.78, 5) is 26.1. The number of anilines is 3. The second-order valence-corrected chi connectivity index (χ2v) is 17.8. The van der Waals surface area contributed by atoms with Crippen LogP contribution in [0.5, 0.6) is 0 Å². The van der Waals surface area contributed by atoms with Gasteiger partial charge in [0.2, 0.25) is 0 Å². The number of fused-ring (bicyclic) bond motifs is 1. The number of furan rings is 1. The lowest BCUT2D eigenvalue weighted by atomic mass is 9.99. The van der Waals surface area contributed by atoms with Gasteiger partial charge in [-0.1, -0.05) is 60.8 Å². The number of nitrogens with zero attached hydrogens (tertiary/aromatic N) is 5. The molecule has 15 heteroatoms. The molecule has 1 aliphatic heterocycles. The van der Waals surface area contributed by atoms with Gasteiger partial charge in [0.25, 0.3) is 15.7 Å². The Bertz CT molecular complexity index is 2520. The molecule has 0 radical (unpaired) electrons. The molecule has 3 heterocycles. The van der Waals surface area contributed by atoms with Gasteiger partial charge in [-0.2, -0.15) is 0 Å². The van der Waals surface area contributed by atoms with Gasteiger partial charge in [-0.25, -0.2) is 18.4 Å². The molecule has 1 saturated heterocycles. The maximum Gasteiger partial charge on any atom is 0.293 e. The Kier molecular flexibility index (Phi) is 11.1. The largest absolute Gasteiger partial charge is 0.468 e. The van der Waals surface area contributed by atoms with Crippen LogP contribution in [0.15, 0.2) is 118 Å². The number of thioether (sulfide) groups is 1. The predicted molar refractivity (Wildman–Crippen MR) is 227 cm³/mol. The Labute approximate surface area is 340 Å². The Balaban J connectivity index is 0.946. The fourth-order valence-corrected chi connectivity index (χ4v) is 10.2. The van der Waals surface area contributed by atoms with Gasteiger partial charge in [-0.3, -0.25) is 19.7 Å². The lowest BCUT2D eigenvalue weighted by molar-refractivity contribution is -0.384. The quantitative estimate of drug-likeness (QED) is 0.0653. The molecule has 57 heavy (non-hydrogen) atoms. The number of hydrogen-bond donors (Lipinski definition) is 2. The van der Waals surface area contributed by atoms with Gasteiger partial charge in [-0.05, 0) is 85.0 Å². The van der Waals surface area contributed by atoms with E-state index in [1.807, 2.05) is 43.3 Å². The minimum atomic E-state index is -4.26. The van der Waals surface area contributed by atoms with Crippen molar-refractivity contribution in [1.29, 1.82) is 0 Å². The molecule has 0 bridgehead atoms. The monoisotopic (exact) mass is 823 g/mol. The van der Waals surface area contributed by atoms with E-state index in [1.165, 1.54) is 29.6 Å².